The molecule has 0 aliphatic carbocycles. The molecule has 124 valence electrons. The second-order valence-corrected chi connectivity index (χ2v) is 6.28. The molecule has 6 heteroatoms. The van der Waals surface area contributed by atoms with Gasteiger partial charge in [0.2, 0.25) is 5.91 Å². The normalized spacial score (nSPS) is 19.0. The van der Waals surface area contributed by atoms with Gasteiger partial charge in [0.15, 0.2) is 0 Å². The number of likely N-dealkylation sites (tertiary alicyclic amines) is 1. The van der Waals surface area contributed by atoms with E-state index in [-0.39, 0.29) is 11.8 Å². The molecule has 6 nitrogen and oxygen atoms in total. The van der Waals surface area contributed by atoms with Crippen LogP contribution in [0.3, 0.4) is 0 Å². The van der Waals surface area contributed by atoms with Crippen molar-refractivity contribution in [1.82, 2.24) is 15.0 Å². The van der Waals surface area contributed by atoms with Crippen LogP contribution < -0.4 is 0 Å². The lowest BCUT2D eigenvalue weighted by Crippen LogP contribution is -2.43. The molecular weight excluding hydrogens is 294 g/mol. The highest BCUT2D eigenvalue weighted by Crippen LogP contribution is 2.21. The Morgan fingerprint density at radius 2 is 2.39 bits per heavy atom. The first-order chi connectivity index (χ1) is 11.1. The summed E-state index contributed by atoms with van der Waals surface area (Å²) in [5.41, 5.74) is 0.793. The first-order valence-electron chi connectivity index (χ1n) is 8.03. The predicted molar refractivity (Wildman–Crippen MR) is 84.4 cm³/mol. The second-order valence-electron chi connectivity index (χ2n) is 6.28. The molecule has 0 spiro atoms. The molecule has 0 unspecified atom stereocenters. The van der Waals surface area contributed by atoms with Gasteiger partial charge in [0, 0.05) is 19.7 Å². The average molecular weight is 317 g/mol. The fourth-order valence-corrected chi connectivity index (χ4v) is 3.15. The van der Waals surface area contributed by atoms with E-state index in [1.54, 1.807) is 11.2 Å². The maximum absolute atomic E-state index is 12.7. The summed E-state index contributed by atoms with van der Waals surface area (Å²) in [4.78, 5) is 16.7. The zero-order chi connectivity index (χ0) is 16.2. The number of piperidine rings is 1. The van der Waals surface area contributed by atoms with E-state index in [0.29, 0.717) is 6.54 Å². The first-order valence-corrected chi connectivity index (χ1v) is 8.03. The van der Waals surface area contributed by atoms with Gasteiger partial charge in [-0.25, -0.2) is 0 Å². The molecule has 1 aliphatic rings. The van der Waals surface area contributed by atoms with Crippen molar-refractivity contribution in [1.29, 1.82) is 0 Å². The number of hydrogen-bond acceptors (Lipinski definition) is 5. The van der Waals surface area contributed by atoms with E-state index in [1.165, 1.54) is 0 Å². The first kappa shape index (κ1) is 15.8. The topological polar surface area (TPSA) is 62.7 Å². The monoisotopic (exact) mass is 317 g/mol. The van der Waals surface area contributed by atoms with E-state index in [1.807, 2.05) is 32.2 Å². The van der Waals surface area contributed by atoms with Gasteiger partial charge in [0.05, 0.1) is 25.3 Å². The third-order valence-electron chi connectivity index (χ3n) is 4.27. The minimum absolute atomic E-state index is 0.0386. The van der Waals surface area contributed by atoms with Crippen molar-refractivity contribution in [2.45, 2.75) is 32.9 Å². The number of rotatable bonds is 5. The minimum atomic E-state index is 0.0386. The van der Waals surface area contributed by atoms with Crippen molar-refractivity contribution in [3.05, 3.63) is 41.7 Å². The summed E-state index contributed by atoms with van der Waals surface area (Å²) in [5.74, 6) is 1.93. The fourth-order valence-electron chi connectivity index (χ4n) is 3.15. The summed E-state index contributed by atoms with van der Waals surface area (Å²) < 4.78 is 10.5. The quantitative estimate of drug-likeness (QED) is 0.847. The number of hydrogen-bond donors (Lipinski definition) is 0. The Balaban J connectivity index is 1.55. The molecule has 0 aromatic carbocycles. The molecule has 1 fully saturated rings. The van der Waals surface area contributed by atoms with Crippen LogP contribution in [0.4, 0.5) is 0 Å². The van der Waals surface area contributed by atoms with E-state index >= 15 is 0 Å². The fraction of sp³-hybridized carbons (Fsp3) is 0.529. The van der Waals surface area contributed by atoms with Crippen LogP contribution in [-0.2, 0) is 17.9 Å². The Morgan fingerprint density at radius 1 is 1.52 bits per heavy atom. The van der Waals surface area contributed by atoms with Gasteiger partial charge in [-0.05, 0) is 38.4 Å². The van der Waals surface area contributed by atoms with Gasteiger partial charge in [-0.1, -0.05) is 5.16 Å². The number of aromatic nitrogens is 1. The van der Waals surface area contributed by atoms with E-state index in [9.17, 15) is 4.79 Å². The molecule has 2 aromatic rings. The zero-order valence-electron chi connectivity index (χ0n) is 13.7. The molecule has 1 saturated heterocycles. The SMILES string of the molecule is Cc1cc(CN(C)C(=O)[C@H]2CCCN(Cc3ccco3)C2)no1. The van der Waals surface area contributed by atoms with Gasteiger partial charge < -0.3 is 13.8 Å². The Hall–Kier alpha value is -2.08. The van der Waals surface area contributed by atoms with E-state index in [4.69, 9.17) is 8.94 Å². The van der Waals surface area contributed by atoms with Crippen molar-refractivity contribution in [2.75, 3.05) is 20.1 Å². The lowest BCUT2D eigenvalue weighted by Gasteiger charge is -2.33. The molecular formula is C17H23N3O3. The predicted octanol–water partition coefficient (Wildman–Crippen LogP) is 2.45. The van der Waals surface area contributed by atoms with Crippen molar-refractivity contribution in [2.24, 2.45) is 5.92 Å². The molecule has 3 rings (SSSR count). The van der Waals surface area contributed by atoms with Crippen molar-refractivity contribution in [3.63, 3.8) is 0 Å². The Morgan fingerprint density at radius 3 is 3.09 bits per heavy atom. The number of aryl methyl sites for hydroxylation is 1. The number of furan rings is 1. The molecule has 1 aliphatic heterocycles. The van der Waals surface area contributed by atoms with E-state index in [0.717, 1.165) is 49.7 Å². The van der Waals surface area contributed by atoms with E-state index in [2.05, 4.69) is 10.1 Å². The highest BCUT2D eigenvalue weighted by molar-refractivity contribution is 5.78. The van der Waals surface area contributed by atoms with Gasteiger partial charge in [-0.3, -0.25) is 9.69 Å². The molecule has 0 radical (unpaired) electrons. The van der Waals surface area contributed by atoms with Crippen LogP contribution in [0, 0.1) is 12.8 Å². The summed E-state index contributed by atoms with van der Waals surface area (Å²) in [6, 6.07) is 5.74. The van der Waals surface area contributed by atoms with Crippen LogP contribution in [0.5, 0.6) is 0 Å². The zero-order valence-corrected chi connectivity index (χ0v) is 13.7. The summed E-state index contributed by atoms with van der Waals surface area (Å²) in [7, 11) is 1.83. The molecule has 2 aromatic heterocycles. The van der Waals surface area contributed by atoms with Crippen LogP contribution in [0.15, 0.2) is 33.4 Å². The maximum atomic E-state index is 12.7. The lowest BCUT2D eigenvalue weighted by molar-refractivity contribution is -0.136. The molecule has 1 amide bonds. The maximum Gasteiger partial charge on any atom is 0.227 e. The van der Waals surface area contributed by atoms with Crippen molar-refractivity contribution in [3.8, 4) is 0 Å². The number of carbonyl (C=O) groups is 1. The van der Waals surface area contributed by atoms with Crippen molar-refractivity contribution >= 4 is 5.91 Å². The Labute approximate surface area is 136 Å². The average Bonchev–Trinajstić information content (AvgIpc) is 3.18. The second kappa shape index (κ2) is 7.00. The summed E-state index contributed by atoms with van der Waals surface area (Å²) >= 11 is 0. The number of nitrogens with zero attached hydrogens (tertiary/aromatic N) is 3. The Kier molecular flexibility index (Phi) is 4.81. The minimum Gasteiger partial charge on any atom is -0.468 e. The Bertz CT molecular complexity index is 635. The molecule has 0 bridgehead atoms. The molecule has 1 atom stereocenters. The van der Waals surface area contributed by atoms with Crippen LogP contribution >= 0.6 is 0 Å². The van der Waals surface area contributed by atoms with Crippen LogP contribution in [-0.4, -0.2) is 41.0 Å². The molecule has 0 saturated carbocycles. The van der Waals surface area contributed by atoms with Crippen molar-refractivity contribution < 1.29 is 13.7 Å². The van der Waals surface area contributed by atoms with Crippen LogP contribution in [0.25, 0.3) is 0 Å². The van der Waals surface area contributed by atoms with Gasteiger partial charge in [0.1, 0.15) is 17.2 Å². The lowest BCUT2D eigenvalue weighted by atomic mass is 9.96. The largest absolute Gasteiger partial charge is 0.468 e. The van der Waals surface area contributed by atoms with Gasteiger partial charge in [-0.2, -0.15) is 0 Å². The van der Waals surface area contributed by atoms with Gasteiger partial charge in [0.25, 0.3) is 0 Å². The highest BCUT2D eigenvalue weighted by Gasteiger charge is 2.28. The third kappa shape index (κ3) is 4.01. The highest BCUT2D eigenvalue weighted by atomic mass is 16.5. The molecule has 3 heterocycles. The summed E-state index contributed by atoms with van der Waals surface area (Å²) in [5, 5.41) is 3.96. The van der Waals surface area contributed by atoms with E-state index < -0.39 is 0 Å². The standard InChI is InChI=1S/C17H23N3O3/c1-13-9-15(18-23-13)11-19(2)17(21)14-5-3-7-20(10-14)12-16-6-4-8-22-16/h4,6,8-9,14H,3,5,7,10-12H2,1-2H3/t14-/m0/s1. The van der Waals surface area contributed by atoms with Gasteiger partial charge >= 0.3 is 0 Å². The number of carbonyl (C=O) groups excluding carboxylic acids is 1. The third-order valence-corrected chi connectivity index (χ3v) is 4.27. The summed E-state index contributed by atoms with van der Waals surface area (Å²) in [6.07, 6.45) is 3.67. The van der Waals surface area contributed by atoms with Crippen LogP contribution in [0.1, 0.15) is 30.1 Å². The van der Waals surface area contributed by atoms with Crippen LogP contribution in [0.2, 0.25) is 0 Å². The molecule has 23 heavy (non-hydrogen) atoms. The summed E-state index contributed by atoms with van der Waals surface area (Å²) in [6.45, 7) is 4.90. The molecule has 0 N–H and O–H groups in total. The van der Waals surface area contributed by atoms with Gasteiger partial charge in [-0.15, -0.1) is 0 Å². The smallest absolute Gasteiger partial charge is 0.227 e. The number of amides is 1.